The second-order valence-electron chi connectivity index (χ2n) is 8.69. The van der Waals surface area contributed by atoms with E-state index in [9.17, 15) is 9.18 Å². The number of hydrogen-bond acceptors (Lipinski definition) is 6. The smallest absolute Gasteiger partial charge is 0.264 e. The van der Waals surface area contributed by atoms with Crippen molar-refractivity contribution in [3.8, 4) is 11.4 Å². The summed E-state index contributed by atoms with van der Waals surface area (Å²) in [6.07, 6.45) is 2.42. The minimum Gasteiger partial charge on any atom is -0.460 e. The van der Waals surface area contributed by atoms with Crippen molar-refractivity contribution in [3.63, 3.8) is 0 Å². The largest absolute Gasteiger partial charge is 0.460 e. The van der Waals surface area contributed by atoms with Gasteiger partial charge in [-0.3, -0.25) is 9.36 Å². The van der Waals surface area contributed by atoms with Crippen LogP contribution in [0.5, 0.6) is 5.75 Å². The van der Waals surface area contributed by atoms with Gasteiger partial charge in [-0.25, -0.2) is 14.1 Å². The molecule has 3 aromatic heterocycles. The average Bonchev–Trinajstić information content (AvgIpc) is 3.50. The first-order chi connectivity index (χ1) is 17.0. The van der Waals surface area contributed by atoms with E-state index in [1.165, 1.54) is 29.2 Å². The molecule has 7 nitrogen and oxygen atoms in total. The molecule has 5 aromatic rings. The molecule has 0 spiro atoms. The Morgan fingerprint density at radius 1 is 1.17 bits per heavy atom. The monoisotopic (exact) mass is 488 g/mol. The van der Waals surface area contributed by atoms with Crippen molar-refractivity contribution in [2.75, 3.05) is 0 Å². The predicted octanol–water partition coefficient (Wildman–Crippen LogP) is 5.06. The third-order valence-corrected chi connectivity index (χ3v) is 6.69. The molecule has 0 unspecified atom stereocenters. The lowest BCUT2D eigenvalue weighted by atomic mass is 10.1. The molecule has 1 atom stereocenters. The summed E-state index contributed by atoms with van der Waals surface area (Å²) in [5.41, 5.74) is 5.30. The Kier molecular flexibility index (Phi) is 5.23. The van der Waals surface area contributed by atoms with Gasteiger partial charge in [-0.1, -0.05) is 6.07 Å². The third kappa shape index (κ3) is 3.92. The van der Waals surface area contributed by atoms with Gasteiger partial charge in [0.25, 0.3) is 5.56 Å². The first-order valence-electron chi connectivity index (χ1n) is 11.1. The zero-order chi connectivity index (χ0) is 24.1. The number of thiophene rings is 1. The molecule has 1 aliphatic heterocycles. The summed E-state index contributed by atoms with van der Waals surface area (Å²) in [7, 11) is 0. The molecule has 176 valence electrons. The van der Waals surface area contributed by atoms with Crippen LogP contribution >= 0.6 is 11.3 Å². The van der Waals surface area contributed by atoms with Crippen molar-refractivity contribution >= 4 is 22.4 Å². The zero-order valence-corrected chi connectivity index (χ0v) is 19.9. The minimum atomic E-state index is -0.577. The number of hydrogen-bond donors (Lipinski definition) is 0. The standard InChI is InChI=1S/C26H21FN4O3S/c1-15-5-16(2)7-21(6-15)31-24-22(10-29-31)25(32)30(14-28-24)11-18-8-20(27)9-19-12-33-26(34-23(18)19)17-3-4-35-13-17/h3-10,13-14,26H,11-12H2,1-2H3/t26-/m0/s1. The van der Waals surface area contributed by atoms with Crippen LogP contribution in [0.2, 0.25) is 0 Å². The fourth-order valence-corrected chi connectivity index (χ4v) is 5.14. The maximum atomic E-state index is 14.4. The SMILES string of the molecule is Cc1cc(C)cc(-n2ncc3c(=O)n(Cc4cc(F)cc5c4O[C@@H](c4ccsc4)OC5)cnc32)c1. The number of rotatable bonds is 4. The van der Waals surface area contributed by atoms with Crippen molar-refractivity contribution < 1.29 is 13.9 Å². The van der Waals surface area contributed by atoms with Crippen LogP contribution < -0.4 is 10.3 Å². The van der Waals surface area contributed by atoms with E-state index in [1.807, 2.05) is 42.8 Å². The number of aromatic nitrogens is 4. The topological polar surface area (TPSA) is 71.2 Å². The predicted molar refractivity (Wildman–Crippen MR) is 131 cm³/mol. The Hall–Kier alpha value is -3.82. The number of aryl methyl sites for hydroxylation is 2. The molecule has 35 heavy (non-hydrogen) atoms. The first-order valence-corrected chi connectivity index (χ1v) is 12.0. The lowest BCUT2D eigenvalue weighted by molar-refractivity contribution is -0.111. The van der Waals surface area contributed by atoms with Gasteiger partial charge in [-0.15, -0.1) is 0 Å². The fourth-order valence-electron chi connectivity index (χ4n) is 4.47. The summed E-state index contributed by atoms with van der Waals surface area (Å²) in [6, 6.07) is 10.8. The molecule has 0 radical (unpaired) electrons. The van der Waals surface area contributed by atoms with Gasteiger partial charge in [-0.2, -0.15) is 16.4 Å². The van der Waals surface area contributed by atoms with Crippen LogP contribution in [0.4, 0.5) is 4.39 Å². The highest BCUT2D eigenvalue weighted by Crippen LogP contribution is 2.37. The number of nitrogens with zero attached hydrogens (tertiary/aromatic N) is 4. The third-order valence-electron chi connectivity index (χ3n) is 5.98. The summed E-state index contributed by atoms with van der Waals surface area (Å²) < 4.78 is 29.4. The van der Waals surface area contributed by atoms with Crippen LogP contribution in [0.25, 0.3) is 16.7 Å². The van der Waals surface area contributed by atoms with Crippen LogP contribution in [0.3, 0.4) is 0 Å². The van der Waals surface area contributed by atoms with Crippen LogP contribution in [0, 0.1) is 19.7 Å². The minimum absolute atomic E-state index is 0.104. The Bertz CT molecular complexity index is 1600. The number of fused-ring (bicyclic) bond motifs is 2. The van der Waals surface area contributed by atoms with E-state index < -0.39 is 12.1 Å². The molecule has 0 bridgehead atoms. The fraction of sp³-hybridized carbons (Fsp3) is 0.192. The molecule has 6 rings (SSSR count). The van der Waals surface area contributed by atoms with E-state index in [2.05, 4.69) is 16.1 Å². The summed E-state index contributed by atoms with van der Waals surface area (Å²) >= 11 is 1.55. The molecule has 0 aliphatic carbocycles. The van der Waals surface area contributed by atoms with Gasteiger partial charge < -0.3 is 9.47 Å². The van der Waals surface area contributed by atoms with E-state index in [1.54, 1.807) is 16.0 Å². The quantitative estimate of drug-likeness (QED) is 0.354. The van der Waals surface area contributed by atoms with Gasteiger partial charge in [0.15, 0.2) is 5.65 Å². The molecule has 9 heteroatoms. The van der Waals surface area contributed by atoms with E-state index in [0.717, 1.165) is 22.4 Å². The molecule has 0 saturated heterocycles. The molecule has 0 saturated carbocycles. The molecular formula is C26H21FN4O3S. The van der Waals surface area contributed by atoms with Crippen molar-refractivity contribution in [1.29, 1.82) is 0 Å². The lowest BCUT2D eigenvalue weighted by Crippen LogP contribution is -2.23. The van der Waals surface area contributed by atoms with Gasteiger partial charge in [-0.05, 0) is 60.7 Å². The van der Waals surface area contributed by atoms with E-state index in [4.69, 9.17) is 9.47 Å². The number of ether oxygens (including phenoxy) is 2. The van der Waals surface area contributed by atoms with E-state index in [0.29, 0.717) is 27.9 Å². The second-order valence-corrected chi connectivity index (χ2v) is 9.47. The van der Waals surface area contributed by atoms with Gasteiger partial charge in [0.1, 0.15) is 23.3 Å². The van der Waals surface area contributed by atoms with Crippen LogP contribution in [-0.2, 0) is 17.9 Å². The highest BCUT2D eigenvalue weighted by Gasteiger charge is 2.26. The van der Waals surface area contributed by atoms with Crippen molar-refractivity contribution in [2.24, 2.45) is 0 Å². The Balaban J connectivity index is 1.38. The van der Waals surface area contributed by atoms with Crippen molar-refractivity contribution in [1.82, 2.24) is 19.3 Å². The van der Waals surface area contributed by atoms with Crippen LogP contribution in [0.15, 0.2) is 64.5 Å². The van der Waals surface area contributed by atoms with E-state index >= 15 is 0 Å². The second kappa shape index (κ2) is 8.44. The van der Waals surface area contributed by atoms with Gasteiger partial charge in [0, 0.05) is 22.1 Å². The van der Waals surface area contributed by atoms with Crippen molar-refractivity contribution in [2.45, 2.75) is 33.3 Å². The number of benzene rings is 2. The van der Waals surface area contributed by atoms with E-state index in [-0.39, 0.29) is 18.7 Å². The summed E-state index contributed by atoms with van der Waals surface area (Å²) in [5, 5.41) is 8.71. The zero-order valence-electron chi connectivity index (χ0n) is 19.1. The van der Waals surface area contributed by atoms with Gasteiger partial charge >= 0.3 is 0 Å². The lowest BCUT2D eigenvalue weighted by Gasteiger charge is -2.28. The summed E-state index contributed by atoms with van der Waals surface area (Å²) in [4.78, 5) is 17.9. The van der Waals surface area contributed by atoms with Gasteiger partial charge in [0.05, 0.1) is 25.0 Å². The van der Waals surface area contributed by atoms with Crippen molar-refractivity contribution in [3.05, 3.63) is 104 Å². The molecule has 0 fully saturated rings. The molecule has 2 aromatic carbocycles. The van der Waals surface area contributed by atoms with Crippen LogP contribution in [0.1, 0.15) is 34.1 Å². The Morgan fingerprint density at radius 2 is 2.00 bits per heavy atom. The maximum absolute atomic E-state index is 14.4. The molecule has 1 aliphatic rings. The molecule has 0 amide bonds. The normalized spacial score (nSPS) is 15.2. The average molecular weight is 489 g/mol. The molecule has 4 heterocycles. The first kappa shape index (κ1) is 21.7. The summed E-state index contributed by atoms with van der Waals surface area (Å²) in [5.74, 6) is 0.122. The molecule has 0 N–H and O–H groups in total. The van der Waals surface area contributed by atoms with Gasteiger partial charge in [0.2, 0.25) is 6.29 Å². The highest BCUT2D eigenvalue weighted by molar-refractivity contribution is 7.07. The maximum Gasteiger partial charge on any atom is 0.264 e. The number of halogens is 1. The Morgan fingerprint density at radius 3 is 2.77 bits per heavy atom. The molecular weight excluding hydrogens is 467 g/mol. The summed E-state index contributed by atoms with van der Waals surface area (Å²) in [6.45, 7) is 4.35. The van der Waals surface area contributed by atoms with Crippen LogP contribution in [-0.4, -0.2) is 19.3 Å². The Labute approximate surface area is 204 Å². The highest BCUT2D eigenvalue weighted by atomic mass is 32.1.